The van der Waals surface area contributed by atoms with Crippen molar-refractivity contribution < 1.29 is 4.79 Å². The molecule has 0 unspecified atom stereocenters. The number of rotatable bonds is 6. The van der Waals surface area contributed by atoms with Gasteiger partial charge in [-0.1, -0.05) is 48.5 Å². The minimum Gasteiger partial charge on any atom is -0.356 e. The number of hydrogen-bond acceptors (Lipinski definition) is 5. The number of carbonyl (C=O) groups is 1. The van der Waals surface area contributed by atoms with Crippen LogP contribution in [0, 0.1) is 0 Å². The van der Waals surface area contributed by atoms with Gasteiger partial charge in [0.15, 0.2) is 0 Å². The summed E-state index contributed by atoms with van der Waals surface area (Å²) in [6, 6.07) is 29.0. The van der Waals surface area contributed by atoms with Crippen LogP contribution in [0.5, 0.6) is 0 Å². The van der Waals surface area contributed by atoms with Crippen LogP contribution in [-0.2, 0) is 11.3 Å². The number of benzene rings is 3. The Morgan fingerprint density at radius 2 is 1.48 bits per heavy atom. The van der Waals surface area contributed by atoms with Crippen LogP contribution < -0.4 is 16.2 Å². The van der Waals surface area contributed by atoms with Crippen LogP contribution in [0.25, 0.3) is 20.7 Å². The second-order valence-corrected chi connectivity index (χ2v) is 8.52. The zero-order valence-electron chi connectivity index (χ0n) is 17.6. The van der Waals surface area contributed by atoms with Gasteiger partial charge >= 0.3 is 0 Å². The molecule has 1 amide bonds. The smallest absolute Gasteiger partial charge is 0.262 e. The Morgan fingerprint density at radius 3 is 2.21 bits per heavy atom. The zero-order chi connectivity index (χ0) is 22.6. The molecular weight excluding hydrogens is 432 g/mol. The highest BCUT2D eigenvalue weighted by molar-refractivity contribution is 7.21. The number of nitrogens with zero attached hydrogens (tertiary/aromatic N) is 2. The number of carbonyl (C=O) groups excluding carboxylic acids is 1. The van der Waals surface area contributed by atoms with Gasteiger partial charge in [0.25, 0.3) is 5.56 Å². The lowest BCUT2D eigenvalue weighted by Gasteiger charge is -2.09. The highest BCUT2D eigenvalue weighted by Gasteiger charge is 2.12. The van der Waals surface area contributed by atoms with E-state index in [0.29, 0.717) is 15.9 Å². The molecule has 6 nitrogen and oxygen atoms in total. The summed E-state index contributed by atoms with van der Waals surface area (Å²) in [5.41, 5.74) is 3.37. The average Bonchev–Trinajstić information content (AvgIpc) is 3.29. The molecular formula is C26H20N4O2S. The van der Waals surface area contributed by atoms with Gasteiger partial charge in [0.1, 0.15) is 11.4 Å². The molecule has 3 aromatic carbocycles. The second-order valence-electron chi connectivity index (χ2n) is 7.49. The molecule has 0 aliphatic rings. The zero-order valence-corrected chi connectivity index (χ0v) is 18.4. The minimum absolute atomic E-state index is 0.109. The molecule has 0 saturated heterocycles. The standard InChI is InChI=1S/C26H20N4O2S/c31-24(29-21-13-11-20(12-14-21)28-19-9-5-2-6-10-19)16-30-17-27-25-22(26(30)32)15-23(33-25)18-7-3-1-4-8-18/h1-15,17,28H,16H2,(H,29,31). The van der Waals surface area contributed by atoms with E-state index in [2.05, 4.69) is 15.6 Å². The minimum atomic E-state index is -0.291. The Labute approximate surface area is 194 Å². The lowest BCUT2D eigenvalue weighted by Crippen LogP contribution is -2.27. The number of aromatic nitrogens is 2. The first-order valence-corrected chi connectivity index (χ1v) is 11.2. The van der Waals surface area contributed by atoms with Gasteiger partial charge in [0, 0.05) is 21.9 Å². The fourth-order valence-corrected chi connectivity index (χ4v) is 4.49. The van der Waals surface area contributed by atoms with Crippen molar-refractivity contribution >= 4 is 44.5 Å². The molecule has 2 N–H and O–H groups in total. The third-order valence-corrected chi connectivity index (χ3v) is 6.21. The summed E-state index contributed by atoms with van der Waals surface area (Å²) < 4.78 is 1.34. The molecule has 0 radical (unpaired) electrons. The molecule has 162 valence electrons. The largest absolute Gasteiger partial charge is 0.356 e. The van der Waals surface area contributed by atoms with E-state index < -0.39 is 0 Å². The van der Waals surface area contributed by atoms with Gasteiger partial charge < -0.3 is 10.6 Å². The van der Waals surface area contributed by atoms with Crippen LogP contribution in [0.1, 0.15) is 0 Å². The quantitative estimate of drug-likeness (QED) is 0.356. The third-order valence-electron chi connectivity index (χ3n) is 5.12. The van der Waals surface area contributed by atoms with Crippen molar-refractivity contribution in [3.63, 3.8) is 0 Å². The van der Waals surface area contributed by atoms with Gasteiger partial charge in [-0.25, -0.2) is 4.98 Å². The van der Waals surface area contributed by atoms with E-state index in [4.69, 9.17) is 0 Å². The number of anilines is 3. The van der Waals surface area contributed by atoms with Crippen LogP contribution in [0.4, 0.5) is 17.1 Å². The average molecular weight is 453 g/mol. The van der Waals surface area contributed by atoms with Crippen LogP contribution >= 0.6 is 11.3 Å². The SMILES string of the molecule is O=C(Cn1cnc2sc(-c3ccccc3)cc2c1=O)Nc1ccc(Nc2ccccc2)cc1. The summed E-state index contributed by atoms with van der Waals surface area (Å²) in [5, 5.41) is 6.65. The van der Waals surface area contributed by atoms with Crippen molar-refractivity contribution in [3.05, 3.63) is 108 Å². The molecule has 0 bridgehead atoms. The number of para-hydroxylation sites is 1. The van der Waals surface area contributed by atoms with E-state index in [1.54, 1.807) is 0 Å². The molecule has 0 saturated carbocycles. The number of nitrogens with one attached hydrogen (secondary N) is 2. The van der Waals surface area contributed by atoms with Crippen molar-refractivity contribution in [3.8, 4) is 10.4 Å². The lowest BCUT2D eigenvalue weighted by atomic mass is 10.2. The van der Waals surface area contributed by atoms with Crippen molar-refractivity contribution in [2.24, 2.45) is 0 Å². The summed E-state index contributed by atoms with van der Waals surface area (Å²) in [7, 11) is 0. The van der Waals surface area contributed by atoms with E-state index >= 15 is 0 Å². The van der Waals surface area contributed by atoms with Crippen LogP contribution in [0.2, 0.25) is 0 Å². The maximum absolute atomic E-state index is 12.9. The summed E-state index contributed by atoms with van der Waals surface area (Å²) in [5.74, 6) is -0.291. The topological polar surface area (TPSA) is 76.0 Å². The molecule has 0 aliphatic carbocycles. The van der Waals surface area contributed by atoms with E-state index in [-0.39, 0.29) is 18.0 Å². The number of hydrogen-bond donors (Lipinski definition) is 2. The van der Waals surface area contributed by atoms with Crippen molar-refractivity contribution in [2.45, 2.75) is 6.54 Å². The van der Waals surface area contributed by atoms with E-state index in [1.165, 1.54) is 22.2 Å². The maximum Gasteiger partial charge on any atom is 0.262 e. The second kappa shape index (κ2) is 9.10. The first kappa shape index (κ1) is 20.7. The fraction of sp³-hybridized carbons (Fsp3) is 0.0385. The maximum atomic E-state index is 12.9. The molecule has 0 fully saturated rings. The van der Waals surface area contributed by atoms with Gasteiger partial charge in [-0.2, -0.15) is 0 Å². The van der Waals surface area contributed by atoms with Gasteiger partial charge in [0.05, 0.1) is 11.7 Å². The van der Waals surface area contributed by atoms with Gasteiger partial charge in [-0.15, -0.1) is 11.3 Å². The molecule has 0 atom stereocenters. The summed E-state index contributed by atoms with van der Waals surface area (Å²) in [4.78, 5) is 31.5. The Kier molecular flexibility index (Phi) is 5.70. The highest BCUT2D eigenvalue weighted by Crippen LogP contribution is 2.30. The summed E-state index contributed by atoms with van der Waals surface area (Å²) >= 11 is 1.47. The molecule has 7 heteroatoms. The normalized spacial score (nSPS) is 10.8. The van der Waals surface area contributed by atoms with Gasteiger partial charge in [-0.05, 0) is 48.0 Å². The van der Waals surface area contributed by atoms with Crippen molar-refractivity contribution in [2.75, 3.05) is 10.6 Å². The van der Waals surface area contributed by atoms with Crippen LogP contribution in [0.3, 0.4) is 0 Å². The fourth-order valence-electron chi connectivity index (χ4n) is 3.50. The van der Waals surface area contributed by atoms with Gasteiger partial charge in [-0.3, -0.25) is 14.2 Å². The monoisotopic (exact) mass is 452 g/mol. The summed E-state index contributed by atoms with van der Waals surface area (Å²) in [6.45, 7) is -0.109. The molecule has 0 aliphatic heterocycles. The van der Waals surface area contributed by atoms with Crippen LogP contribution in [0.15, 0.2) is 102 Å². The van der Waals surface area contributed by atoms with Crippen molar-refractivity contribution in [1.82, 2.24) is 9.55 Å². The predicted molar refractivity (Wildman–Crippen MR) is 134 cm³/mol. The Balaban J connectivity index is 1.28. The molecule has 2 aromatic heterocycles. The first-order valence-electron chi connectivity index (χ1n) is 10.4. The Morgan fingerprint density at radius 1 is 0.848 bits per heavy atom. The van der Waals surface area contributed by atoms with E-state index in [1.807, 2.05) is 91.0 Å². The molecule has 5 rings (SSSR count). The molecule has 2 heterocycles. The molecule has 33 heavy (non-hydrogen) atoms. The van der Waals surface area contributed by atoms with Gasteiger partial charge in [0.2, 0.25) is 5.91 Å². The Bertz CT molecular complexity index is 1460. The highest BCUT2D eigenvalue weighted by atomic mass is 32.1. The van der Waals surface area contributed by atoms with E-state index in [9.17, 15) is 9.59 Å². The number of amides is 1. The lowest BCUT2D eigenvalue weighted by molar-refractivity contribution is -0.116. The molecule has 5 aromatic rings. The molecule has 0 spiro atoms. The number of fused-ring (bicyclic) bond motifs is 1. The summed E-state index contributed by atoms with van der Waals surface area (Å²) in [6.07, 6.45) is 1.43. The first-order chi connectivity index (χ1) is 16.2. The predicted octanol–water partition coefficient (Wildman–Crippen LogP) is 5.51. The third kappa shape index (κ3) is 4.68. The number of thiophene rings is 1. The van der Waals surface area contributed by atoms with Crippen molar-refractivity contribution in [1.29, 1.82) is 0 Å². The Hall–Kier alpha value is -4.23. The van der Waals surface area contributed by atoms with Crippen LogP contribution in [-0.4, -0.2) is 15.5 Å². The van der Waals surface area contributed by atoms with E-state index in [0.717, 1.165) is 21.8 Å².